The van der Waals surface area contributed by atoms with Gasteiger partial charge in [-0.15, -0.1) is 0 Å². The van der Waals surface area contributed by atoms with E-state index in [-0.39, 0.29) is 12.2 Å². The van der Waals surface area contributed by atoms with Gasteiger partial charge in [0.1, 0.15) is 15.9 Å². The smallest absolute Gasteiger partial charge is 0.265 e. The number of halogens is 2. The normalized spacial score (nSPS) is 15.6. The molecule has 0 spiro atoms. The number of aliphatic hydroxyl groups excluding tert-OH is 1. The number of nitrogens with two attached hydrogens (primary N) is 1. The van der Waals surface area contributed by atoms with E-state index in [1.807, 2.05) is 5.32 Å². The third kappa shape index (κ3) is 8.00. The third-order valence-corrected chi connectivity index (χ3v) is 2.89. The molecule has 0 fully saturated rings. The standard InChI is InChI=1S/C8H16F2N2O4S/c1-17(15,16)3-2-5(11)8(14)12-4-6(13)7(9)10/h5-7,13H,2-4,11H2,1H3,(H,12,14). The lowest BCUT2D eigenvalue weighted by atomic mass is 10.2. The van der Waals surface area contributed by atoms with Crippen molar-refractivity contribution in [1.82, 2.24) is 5.32 Å². The number of rotatable bonds is 7. The largest absolute Gasteiger partial charge is 0.385 e. The molecular formula is C8H16F2N2O4S. The molecule has 0 saturated carbocycles. The second-order valence-electron chi connectivity index (χ2n) is 3.67. The van der Waals surface area contributed by atoms with Gasteiger partial charge in [0, 0.05) is 12.8 Å². The summed E-state index contributed by atoms with van der Waals surface area (Å²) < 4.78 is 45.3. The lowest BCUT2D eigenvalue weighted by Crippen LogP contribution is -2.45. The summed E-state index contributed by atoms with van der Waals surface area (Å²) in [6.07, 6.45) is -4.02. The predicted molar refractivity (Wildman–Crippen MR) is 57.3 cm³/mol. The van der Waals surface area contributed by atoms with Gasteiger partial charge in [-0.3, -0.25) is 4.79 Å². The molecule has 0 aliphatic heterocycles. The van der Waals surface area contributed by atoms with Crippen molar-refractivity contribution in [3.05, 3.63) is 0 Å². The summed E-state index contributed by atoms with van der Waals surface area (Å²) in [6, 6.07) is -1.10. The maximum Gasteiger partial charge on any atom is 0.265 e. The van der Waals surface area contributed by atoms with E-state index >= 15 is 0 Å². The van der Waals surface area contributed by atoms with Crippen molar-refractivity contribution in [3.63, 3.8) is 0 Å². The quantitative estimate of drug-likeness (QED) is 0.523. The molecule has 0 aliphatic rings. The summed E-state index contributed by atoms with van der Waals surface area (Å²) in [5.41, 5.74) is 5.34. The average Bonchev–Trinajstić information content (AvgIpc) is 2.20. The van der Waals surface area contributed by atoms with Crippen molar-refractivity contribution in [1.29, 1.82) is 0 Å². The van der Waals surface area contributed by atoms with Crippen molar-refractivity contribution in [2.75, 3.05) is 18.6 Å². The number of aliphatic hydroxyl groups is 1. The van der Waals surface area contributed by atoms with Crippen LogP contribution in [-0.2, 0) is 14.6 Å². The van der Waals surface area contributed by atoms with E-state index in [2.05, 4.69) is 0 Å². The minimum Gasteiger partial charge on any atom is -0.385 e. The van der Waals surface area contributed by atoms with Gasteiger partial charge >= 0.3 is 0 Å². The van der Waals surface area contributed by atoms with Gasteiger partial charge in [-0.25, -0.2) is 17.2 Å². The fourth-order valence-corrected chi connectivity index (χ4v) is 1.58. The minimum atomic E-state index is -3.23. The van der Waals surface area contributed by atoms with E-state index in [9.17, 15) is 22.0 Å². The summed E-state index contributed by atoms with van der Waals surface area (Å²) in [5, 5.41) is 10.7. The van der Waals surface area contributed by atoms with Crippen molar-refractivity contribution in [2.45, 2.75) is 25.0 Å². The van der Waals surface area contributed by atoms with E-state index in [1.165, 1.54) is 0 Å². The lowest BCUT2D eigenvalue weighted by molar-refractivity contribution is -0.123. The number of hydrogen-bond acceptors (Lipinski definition) is 5. The molecule has 0 aromatic heterocycles. The summed E-state index contributed by atoms with van der Waals surface area (Å²) in [5.74, 6) is -1.03. The van der Waals surface area contributed by atoms with Crippen molar-refractivity contribution < 1.29 is 27.1 Å². The maximum atomic E-state index is 11.9. The van der Waals surface area contributed by atoms with Gasteiger partial charge in [-0.1, -0.05) is 0 Å². The van der Waals surface area contributed by atoms with Crippen LogP contribution in [0.2, 0.25) is 0 Å². The van der Waals surface area contributed by atoms with E-state index in [0.29, 0.717) is 0 Å². The van der Waals surface area contributed by atoms with Gasteiger partial charge in [0.05, 0.1) is 11.8 Å². The monoisotopic (exact) mass is 274 g/mol. The van der Waals surface area contributed by atoms with Crippen molar-refractivity contribution in [3.8, 4) is 0 Å². The van der Waals surface area contributed by atoms with Crippen LogP contribution >= 0.6 is 0 Å². The van der Waals surface area contributed by atoms with E-state index < -0.39 is 40.9 Å². The Bertz CT molecular complexity index is 347. The topological polar surface area (TPSA) is 109 Å². The highest BCUT2D eigenvalue weighted by Crippen LogP contribution is 1.99. The molecule has 2 unspecified atom stereocenters. The van der Waals surface area contributed by atoms with Gasteiger partial charge in [0.15, 0.2) is 0 Å². The molecule has 0 aromatic carbocycles. The van der Waals surface area contributed by atoms with Gasteiger partial charge < -0.3 is 16.2 Å². The number of nitrogens with one attached hydrogen (secondary N) is 1. The Morgan fingerprint density at radius 3 is 2.41 bits per heavy atom. The van der Waals surface area contributed by atoms with Crippen LogP contribution in [0.4, 0.5) is 8.78 Å². The molecule has 0 heterocycles. The zero-order valence-electron chi connectivity index (χ0n) is 9.27. The molecule has 6 nitrogen and oxygen atoms in total. The molecule has 0 radical (unpaired) electrons. The molecule has 0 aromatic rings. The third-order valence-electron chi connectivity index (χ3n) is 1.91. The summed E-state index contributed by atoms with van der Waals surface area (Å²) in [4.78, 5) is 11.2. The first-order valence-electron chi connectivity index (χ1n) is 4.80. The Labute approximate surface area is 98.1 Å². The summed E-state index contributed by atoms with van der Waals surface area (Å²) >= 11 is 0. The number of amides is 1. The van der Waals surface area contributed by atoms with Crippen molar-refractivity contribution in [2.24, 2.45) is 5.73 Å². The van der Waals surface area contributed by atoms with Crippen LogP contribution in [0, 0.1) is 0 Å². The molecule has 4 N–H and O–H groups in total. The Morgan fingerprint density at radius 2 is 2.00 bits per heavy atom. The zero-order chi connectivity index (χ0) is 13.6. The summed E-state index contributed by atoms with van der Waals surface area (Å²) in [6.45, 7) is -0.622. The Balaban J connectivity index is 3.98. The van der Waals surface area contributed by atoms with Gasteiger partial charge in [0.2, 0.25) is 5.91 Å². The predicted octanol–water partition coefficient (Wildman–Crippen LogP) is -1.51. The van der Waals surface area contributed by atoms with Gasteiger partial charge in [-0.2, -0.15) is 0 Å². The van der Waals surface area contributed by atoms with Crippen LogP contribution in [0.15, 0.2) is 0 Å². The molecule has 9 heteroatoms. The van der Waals surface area contributed by atoms with E-state index in [4.69, 9.17) is 10.8 Å². The highest BCUT2D eigenvalue weighted by Gasteiger charge is 2.20. The number of sulfone groups is 1. The minimum absolute atomic E-state index is 0.102. The zero-order valence-corrected chi connectivity index (χ0v) is 10.1. The lowest BCUT2D eigenvalue weighted by Gasteiger charge is -2.14. The Kier molecular flexibility index (Phi) is 6.50. The van der Waals surface area contributed by atoms with Crippen LogP contribution in [0.3, 0.4) is 0 Å². The van der Waals surface area contributed by atoms with Crippen LogP contribution in [0.1, 0.15) is 6.42 Å². The average molecular weight is 274 g/mol. The molecular weight excluding hydrogens is 258 g/mol. The van der Waals surface area contributed by atoms with E-state index in [0.717, 1.165) is 6.26 Å². The molecule has 1 amide bonds. The van der Waals surface area contributed by atoms with E-state index in [1.54, 1.807) is 0 Å². The first kappa shape index (κ1) is 16.2. The first-order chi connectivity index (χ1) is 7.63. The maximum absolute atomic E-state index is 11.9. The second kappa shape index (κ2) is 6.82. The molecule has 17 heavy (non-hydrogen) atoms. The number of carbonyl (C=O) groups excluding carboxylic acids is 1. The van der Waals surface area contributed by atoms with Crippen LogP contribution in [0.5, 0.6) is 0 Å². The molecule has 0 rings (SSSR count). The van der Waals surface area contributed by atoms with Crippen LogP contribution in [0.25, 0.3) is 0 Å². The molecule has 2 atom stereocenters. The fourth-order valence-electron chi connectivity index (χ4n) is 0.897. The van der Waals surface area contributed by atoms with Crippen LogP contribution < -0.4 is 11.1 Å². The van der Waals surface area contributed by atoms with Crippen molar-refractivity contribution >= 4 is 15.7 Å². The Hall–Kier alpha value is -0.800. The van der Waals surface area contributed by atoms with Gasteiger partial charge in [-0.05, 0) is 6.42 Å². The summed E-state index contributed by atoms with van der Waals surface area (Å²) in [7, 11) is -3.23. The number of carbonyl (C=O) groups is 1. The van der Waals surface area contributed by atoms with Crippen LogP contribution in [-0.4, -0.2) is 56.6 Å². The first-order valence-corrected chi connectivity index (χ1v) is 6.86. The molecule has 102 valence electrons. The highest BCUT2D eigenvalue weighted by molar-refractivity contribution is 7.90. The second-order valence-corrected chi connectivity index (χ2v) is 5.93. The molecule has 0 saturated heterocycles. The highest BCUT2D eigenvalue weighted by atomic mass is 32.2. The molecule has 0 aliphatic carbocycles. The number of alkyl halides is 2. The number of hydrogen-bond donors (Lipinski definition) is 3. The molecule has 0 bridgehead atoms. The van der Waals surface area contributed by atoms with Gasteiger partial charge in [0.25, 0.3) is 6.43 Å². The Morgan fingerprint density at radius 1 is 1.47 bits per heavy atom. The SMILES string of the molecule is CS(=O)(=O)CCC(N)C(=O)NCC(O)C(F)F. The fraction of sp³-hybridized carbons (Fsp3) is 0.875.